The van der Waals surface area contributed by atoms with Gasteiger partial charge in [0.25, 0.3) is 0 Å². The number of aliphatic hydroxyl groups excluding tert-OH is 1. The molecule has 18 heavy (non-hydrogen) atoms. The van der Waals surface area contributed by atoms with Crippen molar-refractivity contribution in [1.29, 1.82) is 0 Å². The minimum absolute atomic E-state index is 0.0725. The second-order valence-corrected chi connectivity index (χ2v) is 5.29. The Morgan fingerprint density at radius 1 is 1.33 bits per heavy atom. The van der Waals surface area contributed by atoms with Gasteiger partial charge in [-0.3, -0.25) is 0 Å². The first-order chi connectivity index (χ1) is 8.52. The van der Waals surface area contributed by atoms with Gasteiger partial charge in [-0.15, -0.1) is 0 Å². The molecular formula is C14H21BrO3. The highest BCUT2D eigenvalue weighted by atomic mass is 79.9. The molecular weight excluding hydrogens is 296 g/mol. The number of methoxy groups -OCH3 is 1. The summed E-state index contributed by atoms with van der Waals surface area (Å²) >= 11 is 3.43. The highest BCUT2D eigenvalue weighted by molar-refractivity contribution is 9.10. The Balaban J connectivity index is 3.13. The third kappa shape index (κ3) is 3.05. The van der Waals surface area contributed by atoms with Crippen molar-refractivity contribution in [2.24, 2.45) is 0 Å². The van der Waals surface area contributed by atoms with Crippen molar-refractivity contribution in [3.8, 4) is 5.75 Å². The first kappa shape index (κ1) is 15.5. The Morgan fingerprint density at radius 3 is 2.33 bits per heavy atom. The zero-order chi connectivity index (χ0) is 13.8. The second kappa shape index (κ2) is 6.55. The lowest BCUT2D eigenvalue weighted by atomic mass is 9.79. The van der Waals surface area contributed by atoms with Crippen LogP contribution in [0.2, 0.25) is 0 Å². The van der Waals surface area contributed by atoms with E-state index in [1.165, 1.54) is 0 Å². The number of hydrogen-bond acceptors (Lipinski definition) is 3. The average Bonchev–Trinajstić information content (AvgIpc) is 2.39. The molecule has 0 aromatic heterocycles. The summed E-state index contributed by atoms with van der Waals surface area (Å²) in [5.74, 6) is 0.460. The molecule has 1 aromatic carbocycles. The maximum Gasteiger partial charge on any atom is 0.133 e. The van der Waals surface area contributed by atoms with Crippen LogP contribution in [0.1, 0.15) is 38.2 Å². The van der Waals surface area contributed by atoms with Crippen molar-refractivity contribution in [2.45, 2.75) is 38.2 Å². The molecule has 102 valence electrons. The topological polar surface area (TPSA) is 49.7 Å². The molecule has 0 saturated heterocycles. The van der Waals surface area contributed by atoms with Crippen molar-refractivity contribution in [3.05, 3.63) is 28.2 Å². The third-order valence-corrected chi connectivity index (χ3v) is 4.25. The standard InChI is InChI=1S/C14H21BrO3/c1-4-14(17,5-2)11(9-16)10-6-7-13(18-3)12(15)8-10/h6-8,11,16-17H,4-5,9H2,1-3H3. The summed E-state index contributed by atoms with van der Waals surface area (Å²) in [4.78, 5) is 0. The van der Waals surface area contributed by atoms with E-state index in [0.29, 0.717) is 12.8 Å². The number of aliphatic hydroxyl groups is 2. The Bertz CT molecular complexity index is 389. The van der Waals surface area contributed by atoms with E-state index in [1.54, 1.807) is 7.11 Å². The maximum atomic E-state index is 10.6. The molecule has 0 heterocycles. The summed E-state index contributed by atoms with van der Waals surface area (Å²) in [5.41, 5.74) is 0.0411. The van der Waals surface area contributed by atoms with Gasteiger partial charge >= 0.3 is 0 Å². The minimum Gasteiger partial charge on any atom is -0.496 e. The van der Waals surface area contributed by atoms with Gasteiger partial charge in [0.1, 0.15) is 5.75 Å². The molecule has 1 aromatic rings. The van der Waals surface area contributed by atoms with Gasteiger partial charge in [-0.2, -0.15) is 0 Å². The van der Waals surface area contributed by atoms with Crippen LogP contribution in [-0.4, -0.2) is 29.5 Å². The lowest BCUT2D eigenvalue weighted by Gasteiger charge is -2.34. The van der Waals surface area contributed by atoms with E-state index in [4.69, 9.17) is 4.74 Å². The molecule has 1 unspecified atom stereocenters. The van der Waals surface area contributed by atoms with Gasteiger partial charge in [0.05, 0.1) is 23.8 Å². The van der Waals surface area contributed by atoms with Crippen LogP contribution < -0.4 is 4.74 Å². The zero-order valence-corrected chi connectivity index (χ0v) is 12.7. The summed E-state index contributed by atoms with van der Waals surface area (Å²) < 4.78 is 6.01. The first-order valence-electron chi connectivity index (χ1n) is 6.19. The Kier molecular flexibility index (Phi) is 5.63. The van der Waals surface area contributed by atoms with Crippen molar-refractivity contribution >= 4 is 15.9 Å². The summed E-state index contributed by atoms with van der Waals surface area (Å²) in [6.45, 7) is 3.80. The second-order valence-electron chi connectivity index (χ2n) is 4.44. The fraction of sp³-hybridized carbons (Fsp3) is 0.571. The summed E-state index contributed by atoms with van der Waals surface area (Å²) in [6, 6.07) is 5.63. The lowest BCUT2D eigenvalue weighted by molar-refractivity contribution is -0.0134. The van der Waals surface area contributed by atoms with Crippen LogP contribution in [-0.2, 0) is 0 Å². The smallest absolute Gasteiger partial charge is 0.133 e. The monoisotopic (exact) mass is 316 g/mol. The Labute approximate surface area is 117 Å². The molecule has 0 bridgehead atoms. The van der Waals surface area contributed by atoms with Gasteiger partial charge in [-0.1, -0.05) is 19.9 Å². The van der Waals surface area contributed by atoms with Crippen molar-refractivity contribution in [3.63, 3.8) is 0 Å². The molecule has 0 aliphatic rings. The fourth-order valence-electron chi connectivity index (χ4n) is 2.23. The highest BCUT2D eigenvalue weighted by Crippen LogP contribution is 2.36. The number of halogens is 1. The summed E-state index contributed by atoms with van der Waals surface area (Å²) in [6.07, 6.45) is 1.22. The van der Waals surface area contributed by atoms with Crippen LogP contribution in [0.5, 0.6) is 5.75 Å². The molecule has 3 nitrogen and oxygen atoms in total. The molecule has 1 rings (SSSR count). The Hall–Kier alpha value is -0.580. The molecule has 1 atom stereocenters. The van der Waals surface area contributed by atoms with Crippen LogP contribution in [0, 0.1) is 0 Å². The van der Waals surface area contributed by atoms with Gasteiger partial charge in [0.15, 0.2) is 0 Å². The van der Waals surface area contributed by atoms with Gasteiger partial charge in [0, 0.05) is 5.92 Å². The van der Waals surface area contributed by atoms with E-state index < -0.39 is 5.60 Å². The van der Waals surface area contributed by atoms with Crippen molar-refractivity contribution in [1.82, 2.24) is 0 Å². The Morgan fingerprint density at radius 2 is 1.94 bits per heavy atom. The predicted molar refractivity (Wildman–Crippen MR) is 76.1 cm³/mol. The van der Waals surface area contributed by atoms with Crippen LogP contribution in [0.4, 0.5) is 0 Å². The maximum absolute atomic E-state index is 10.6. The van der Waals surface area contributed by atoms with Crippen LogP contribution in [0.15, 0.2) is 22.7 Å². The van der Waals surface area contributed by atoms with Gasteiger partial charge in [0.2, 0.25) is 0 Å². The number of hydrogen-bond donors (Lipinski definition) is 2. The number of benzene rings is 1. The fourth-order valence-corrected chi connectivity index (χ4v) is 2.79. The zero-order valence-electron chi connectivity index (χ0n) is 11.1. The van der Waals surface area contributed by atoms with Crippen molar-refractivity contribution in [2.75, 3.05) is 13.7 Å². The highest BCUT2D eigenvalue weighted by Gasteiger charge is 2.34. The number of rotatable bonds is 6. The van der Waals surface area contributed by atoms with E-state index in [9.17, 15) is 10.2 Å². The van der Waals surface area contributed by atoms with Gasteiger partial charge in [-0.25, -0.2) is 0 Å². The largest absolute Gasteiger partial charge is 0.496 e. The quantitative estimate of drug-likeness (QED) is 0.848. The van der Waals surface area contributed by atoms with Gasteiger partial charge < -0.3 is 14.9 Å². The molecule has 0 amide bonds. The summed E-state index contributed by atoms with van der Waals surface area (Å²) in [5, 5.41) is 20.1. The van der Waals surface area contributed by atoms with E-state index in [-0.39, 0.29) is 12.5 Å². The third-order valence-electron chi connectivity index (χ3n) is 3.63. The van der Waals surface area contributed by atoms with Gasteiger partial charge in [-0.05, 0) is 46.5 Å². The van der Waals surface area contributed by atoms with Crippen LogP contribution in [0.25, 0.3) is 0 Å². The molecule has 0 fully saturated rings. The van der Waals surface area contributed by atoms with E-state index in [1.807, 2.05) is 32.0 Å². The van der Waals surface area contributed by atoms with Crippen LogP contribution in [0.3, 0.4) is 0 Å². The predicted octanol–water partition coefficient (Wildman–Crippen LogP) is 3.08. The van der Waals surface area contributed by atoms with E-state index >= 15 is 0 Å². The molecule has 0 aliphatic heterocycles. The molecule has 4 heteroatoms. The molecule has 0 spiro atoms. The van der Waals surface area contributed by atoms with Crippen molar-refractivity contribution < 1.29 is 14.9 Å². The lowest BCUT2D eigenvalue weighted by Crippen LogP contribution is -2.37. The molecule has 0 saturated carbocycles. The number of ether oxygens (including phenoxy) is 1. The molecule has 2 N–H and O–H groups in total. The molecule has 0 aliphatic carbocycles. The van der Waals surface area contributed by atoms with Crippen LogP contribution >= 0.6 is 15.9 Å². The van der Waals surface area contributed by atoms with E-state index in [2.05, 4.69) is 15.9 Å². The average molecular weight is 317 g/mol. The SMILES string of the molecule is CCC(O)(CC)C(CO)c1ccc(OC)c(Br)c1. The first-order valence-corrected chi connectivity index (χ1v) is 6.98. The minimum atomic E-state index is -0.872. The van der Waals surface area contributed by atoms with E-state index in [0.717, 1.165) is 15.8 Å². The molecule has 0 radical (unpaired) electrons. The normalized spacial score (nSPS) is 13.4. The summed E-state index contributed by atoms with van der Waals surface area (Å²) in [7, 11) is 1.61.